The highest BCUT2D eigenvalue weighted by molar-refractivity contribution is 6.34. The molecule has 3 heterocycles. The van der Waals surface area contributed by atoms with E-state index in [0.29, 0.717) is 48.2 Å². The molecule has 3 atom stereocenters. The van der Waals surface area contributed by atoms with Crippen LogP contribution in [0.2, 0.25) is 10.0 Å². The van der Waals surface area contributed by atoms with Gasteiger partial charge in [-0.15, -0.1) is 0 Å². The summed E-state index contributed by atoms with van der Waals surface area (Å²) < 4.78 is 7.75. The molecule has 10 nitrogen and oxygen atoms in total. The molecule has 1 aromatic carbocycles. The summed E-state index contributed by atoms with van der Waals surface area (Å²) in [5.41, 5.74) is 2.76. The molecule has 0 spiro atoms. The molecule has 0 radical (unpaired) electrons. The van der Waals surface area contributed by atoms with Crippen molar-refractivity contribution >= 4 is 41.2 Å². The number of benzene rings is 1. The van der Waals surface area contributed by atoms with Crippen LogP contribution in [0.25, 0.3) is 11.1 Å². The van der Waals surface area contributed by atoms with Crippen molar-refractivity contribution in [3.8, 4) is 11.1 Å². The molecular weight excluding hydrogens is 603 g/mol. The van der Waals surface area contributed by atoms with Gasteiger partial charge in [0.15, 0.2) is 0 Å². The number of nitrogens with zero attached hydrogens (tertiary/aromatic N) is 6. The fourth-order valence-corrected chi connectivity index (χ4v) is 7.18. The number of aryl methyl sites for hydroxylation is 1. The minimum absolute atomic E-state index is 0.0401. The predicted molar refractivity (Wildman–Crippen MR) is 170 cm³/mol. The number of carboxylic acids is 1. The summed E-state index contributed by atoms with van der Waals surface area (Å²) in [7, 11) is 1.87. The Labute approximate surface area is 268 Å². The lowest BCUT2D eigenvalue weighted by atomic mass is 9.87. The molecule has 2 aromatic heterocycles. The Balaban J connectivity index is 1.38. The van der Waals surface area contributed by atoms with Gasteiger partial charge in [-0.1, -0.05) is 37.0 Å². The molecule has 1 saturated heterocycles. The Morgan fingerprint density at radius 2 is 1.57 bits per heavy atom. The number of ether oxygens (including phenoxy) is 1. The first-order valence-corrected chi connectivity index (χ1v) is 16.1. The summed E-state index contributed by atoms with van der Waals surface area (Å²) in [6.07, 6.45) is 12.0. The molecule has 2 aliphatic rings. The third kappa shape index (κ3) is 7.46. The van der Waals surface area contributed by atoms with E-state index < -0.39 is 5.97 Å². The Morgan fingerprint density at radius 1 is 0.955 bits per heavy atom. The van der Waals surface area contributed by atoms with E-state index in [1.165, 1.54) is 0 Å². The van der Waals surface area contributed by atoms with Crippen LogP contribution >= 0.6 is 23.2 Å². The van der Waals surface area contributed by atoms with Crippen molar-refractivity contribution in [1.29, 1.82) is 0 Å². The molecule has 1 N–H and O–H groups in total. The third-order valence-corrected chi connectivity index (χ3v) is 9.41. The van der Waals surface area contributed by atoms with Crippen molar-refractivity contribution < 1.29 is 19.4 Å². The maximum atomic E-state index is 13.6. The minimum Gasteiger partial charge on any atom is -0.481 e. The lowest BCUT2D eigenvalue weighted by molar-refractivity contribution is -0.143. The van der Waals surface area contributed by atoms with Crippen LogP contribution in [0.5, 0.6) is 0 Å². The SMILES string of the molecule is CC[C@@H]1CC(N(Cc2cc(Cl)cc(Cl)c2)c2ncc(-c3cnn(C)c3)cn2)C[C@H](CC)N1C(=O)OC1CCC(C(=O)O)CC1. The Hall–Kier alpha value is -3.37. The first-order chi connectivity index (χ1) is 21.1. The predicted octanol–water partition coefficient (Wildman–Crippen LogP) is 6.99. The molecule has 2 fully saturated rings. The van der Waals surface area contributed by atoms with Crippen LogP contribution in [0.15, 0.2) is 43.0 Å². The number of aliphatic carboxylic acids is 1. The molecule has 3 aromatic rings. The minimum atomic E-state index is -0.769. The molecule has 5 rings (SSSR count). The maximum Gasteiger partial charge on any atom is 0.410 e. The van der Waals surface area contributed by atoms with E-state index in [2.05, 4.69) is 23.8 Å². The summed E-state index contributed by atoms with van der Waals surface area (Å²) in [6.45, 7) is 4.69. The number of anilines is 1. The van der Waals surface area contributed by atoms with Crippen molar-refractivity contribution in [2.45, 2.75) is 96.0 Å². The quantitative estimate of drug-likeness (QED) is 0.266. The Morgan fingerprint density at radius 3 is 2.09 bits per heavy atom. The van der Waals surface area contributed by atoms with Gasteiger partial charge in [0, 0.05) is 71.5 Å². The van der Waals surface area contributed by atoms with Gasteiger partial charge < -0.3 is 19.6 Å². The topological polar surface area (TPSA) is 114 Å². The van der Waals surface area contributed by atoms with E-state index in [1.54, 1.807) is 16.9 Å². The van der Waals surface area contributed by atoms with Crippen LogP contribution in [-0.2, 0) is 23.1 Å². The van der Waals surface area contributed by atoms with E-state index in [4.69, 9.17) is 37.9 Å². The van der Waals surface area contributed by atoms with E-state index >= 15 is 0 Å². The van der Waals surface area contributed by atoms with E-state index in [9.17, 15) is 14.7 Å². The molecule has 1 saturated carbocycles. The number of hydrogen-bond donors (Lipinski definition) is 1. The van der Waals surface area contributed by atoms with Gasteiger partial charge in [-0.05, 0) is 75.1 Å². The second-order valence-electron chi connectivity index (χ2n) is 11.9. The van der Waals surface area contributed by atoms with E-state index in [-0.39, 0.29) is 36.2 Å². The first kappa shape index (κ1) is 32.0. The number of piperidine rings is 1. The summed E-state index contributed by atoms with van der Waals surface area (Å²) in [6, 6.07) is 5.49. The number of amides is 1. The first-order valence-electron chi connectivity index (χ1n) is 15.4. The number of carbonyl (C=O) groups is 2. The zero-order valence-electron chi connectivity index (χ0n) is 25.4. The van der Waals surface area contributed by atoms with Gasteiger partial charge in [-0.2, -0.15) is 5.10 Å². The molecule has 12 heteroatoms. The van der Waals surface area contributed by atoms with Crippen molar-refractivity contribution in [1.82, 2.24) is 24.6 Å². The smallest absolute Gasteiger partial charge is 0.410 e. The summed E-state index contributed by atoms with van der Waals surface area (Å²) >= 11 is 12.8. The Kier molecular flexibility index (Phi) is 10.3. The highest BCUT2D eigenvalue weighted by Crippen LogP contribution is 2.35. The molecule has 1 unspecified atom stereocenters. The lowest BCUT2D eigenvalue weighted by Crippen LogP contribution is -2.57. The fourth-order valence-electron chi connectivity index (χ4n) is 6.61. The van der Waals surface area contributed by atoms with Crippen LogP contribution in [0, 0.1) is 5.92 Å². The van der Waals surface area contributed by atoms with Crippen LogP contribution < -0.4 is 4.90 Å². The molecule has 44 heavy (non-hydrogen) atoms. The van der Waals surface area contributed by atoms with Gasteiger partial charge in [0.25, 0.3) is 0 Å². The summed E-state index contributed by atoms with van der Waals surface area (Å²) in [5, 5.41) is 14.7. The van der Waals surface area contributed by atoms with Crippen molar-refractivity contribution in [2.24, 2.45) is 13.0 Å². The van der Waals surface area contributed by atoms with Crippen molar-refractivity contribution in [2.75, 3.05) is 4.90 Å². The second-order valence-corrected chi connectivity index (χ2v) is 12.8. The maximum absolute atomic E-state index is 13.6. The van der Waals surface area contributed by atoms with Crippen LogP contribution in [-0.4, -0.2) is 66.0 Å². The summed E-state index contributed by atoms with van der Waals surface area (Å²) in [4.78, 5) is 38.7. The van der Waals surface area contributed by atoms with Gasteiger partial charge >= 0.3 is 12.1 Å². The number of carboxylic acid groups (broad SMARTS) is 1. The normalized spacial score (nSPS) is 23.8. The zero-order valence-corrected chi connectivity index (χ0v) is 26.9. The number of rotatable bonds is 9. The van der Waals surface area contributed by atoms with Gasteiger partial charge in [-0.25, -0.2) is 14.8 Å². The third-order valence-electron chi connectivity index (χ3n) is 8.97. The van der Waals surface area contributed by atoms with Crippen molar-refractivity contribution in [3.63, 3.8) is 0 Å². The van der Waals surface area contributed by atoms with Crippen LogP contribution in [0.1, 0.15) is 70.8 Å². The monoisotopic (exact) mass is 642 g/mol. The standard InChI is InChI=1S/C32H40Cl2N6O4/c1-4-26-13-28(14-27(5-2)40(26)32(43)44-29-8-6-21(7-9-29)30(41)42)39(18-20-10-24(33)12-25(34)11-20)31-35-15-22(16-36-31)23-17-37-38(3)19-23/h10-12,15-17,19,21,26-29H,4-9,13-14,18H2,1-3H3,(H,41,42)/t21?,26-,27+,28?,29?. The Bertz CT molecular complexity index is 1410. The molecule has 1 aliphatic heterocycles. The zero-order chi connectivity index (χ0) is 31.4. The van der Waals surface area contributed by atoms with Gasteiger partial charge in [0.1, 0.15) is 6.10 Å². The molecule has 1 amide bonds. The fraction of sp³-hybridized carbons (Fsp3) is 0.531. The number of aromatic nitrogens is 4. The number of carbonyl (C=O) groups excluding carboxylic acids is 1. The molecular formula is C32H40Cl2N6O4. The average molecular weight is 644 g/mol. The second kappa shape index (κ2) is 14.2. The molecule has 236 valence electrons. The van der Waals surface area contributed by atoms with Gasteiger partial charge in [0.2, 0.25) is 5.95 Å². The van der Waals surface area contributed by atoms with Gasteiger partial charge in [-0.3, -0.25) is 9.48 Å². The van der Waals surface area contributed by atoms with E-state index in [0.717, 1.165) is 42.4 Å². The van der Waals surface area contributed by atoms with Crippen LogP contribution in [0.4, 0.5) is 10.7 Å². The summed E-state index contributed by atoms with van der Waals surface area (Å²) in [5.74, 6) is -0.530. The number of hydrogen-bond acceptors (Lipinski definition) is 7. The largest absolute Gasteiger partial charge is 0.481 e. The molecule has 1 aliphatic carbocycles. The number of halogens is 2. The molecule has 0 bridgehead atoms. The van der Waals surface area contributed by atoms with Gasteiger partial charge in [0.05, 0.1) is 12.1 Å². The highest BCUT2D eigenvalue weighted by atomic mass is 35.5. The lowest BCUT2D eigenvalue weighted by Gasteiger charge is -2.47. The van der Waals surface area contributed by atoms with Crippen LogP contribution in [0.3, 0.4) is 0 Å². The number of likely N-dealkylation sites (tertiary alicyclic amines) is 1. The highest BCUT2D eigenvalue weighted by Gasteiger charge is 2.41. The van der Waals surface area contributed by atoms with Crippen molar-refractivity contribution in [3.05, 3.63) is 58.6 Å². The van der Waals surface area contributed by atoms with E-state index in [1.807, 2.05) is 42.7 Å². The average Bonchev–Trinajstić information content (AvgIpc) is 3.45.